The molecule has 3 N–H and O–H groups in total. The Morgan fingerprint density at radius 2 is 1.96 bits per heavy atom. The third kappa shape index (κ3) is 2.04. The molecule has 0 aromatic carbocycles. The molecule has 0 heterocycles. The Bertz CT molecular complexity index is 676. The number of carbonyl (C=O) groups is 1. The van der Waals surface area contributed by atoms with E-state index >= 15 is 0 Å². The normalized spacial score (nSPS) is 51.8. The molecule has 0 aromatic heterocycles. The van der Waals surface area contributed by atoms with Gasteiger partial charge in [0, 0.05) is 11.8 Å². The lowest BCUT2D eigenvalue weighted by atomic mass is 9.48. The first-order chi connectivity index (χ1) is 11.8. The maximum atomic E-state index is 11.8. The summed E-state index contributed by atoms with van der Waals surface area (Å²) in [7, 11) is 0. The van der Waals surface area contributed by atoms with Gasteiger partial charge in [-0.05, 0) is 74.3 Å². The molecule has 7 atom stereocenters. The lowest BCUT2D eigenvalue weighted by Crippen LogP contribution is -2.60. The van der Waals surface area contributed by atoms with Crippen molar-refractivity contribution in [3.05, 3.63) is 11.6 Å². The van der Waals surface area contributed by atoms with Crippen LogP contribution < -0.4 is 0 Å². The van der Waals surface area contributed by atoms with Crippen LogP contribution in [0, 0.1) is 35.5 Å². The molecule has 4 aliphatic rings. The summed E-state index contributed by atoms with van der Waals surface area (Å²) < 4.78 is 0. The minimum absolute atomic E-state index is 0.00142. The molecule has 0 amide bonds. The lowest BCUT2D eigenvalue weighted by molar-refractivity contribution is -0.156. The van der Waals surface area contributed by atoms with E-state index in [1.165, 1.54) is 6.08 Å². The minimum atomic E-state index is -1.08. The predicted molar refractivity (Wildman–Crippen MR) is 93.3 cm³/mol. The van der Waals surface area contributed by atoms with Gasteiger partial charge >= 0.3 is 0 Å². The molecular formula is C21H28O4. The third-order valence-electron chi connectivity index (χ3n) is 8.19. The Labute approximate surface area is 149 Å². The van der Waals surface area contributed by atoms with Crippen LogP contribution >= 0.6 is 0 Å². The molecule has 4 heteroatoms. The zero-order valence-electron chi connectivity index (χ0n) is 14.9. The average molecular weight is 344 g/mol. The van der Waals surface area contributed by atoms with Crippen molar-refractivity contribution in [2.45, 2.75) is 75.6 Å². The van der Waals surface area contributed by atoms with Crippen LogP contribution in [0.1, 0.15) is 58.3 Å². The van der Waals surface area contributed by atoms with Crippen molar-refractivity contribution in [3.63, 3.8) is 0 Å². The number of fused-ring (bicyclic) bond motifs is 5. The maximum absolute atomic E-state index is 11.8. The van der Waals surface area contributed by atoms with Crippen LogP contribution in [0.2, 0.25) is 0 Å². The summed E-state index contributed by atoms with van der Waals surface area (Å²) in [5.41, 5.74) is -1.94. The first-order valence-electron chi connectivity index (χ1n) is 9.67. The minimum Gasteiger partial charge on any atom is -0.389 e. The van der Waals surface area contributed by atoms with Gasteiger partial charge in [-0.25, -0.2) is 0 Å². The summed E-state index contributed by atoms with van der Waals surface area (Å²) in [6.45, 7) is 2.10. The van der Waals surface area contributed by atoms with Gasteiger partial charge in [0.15, 0.2) is 5.78 Å². The van der Waals surface area contributed by atoms with E-state index in [1.807, 2.05) is 0 Å². The lowest BCUT2D eigenvalue weighted by Gasteiger charge is -2.59. The Hall–Kier alpha value is -1.15. The largest absolute Gasteiger partial charge is 0.389 e. The summed E-state index contributed by atoms with van der Waals surface area (Å²) in [6, 6.07) is 0. The van der Waals surface area contributed by atoms with Gasteiger partial charge in [0.1, 0.15) is 5.60 Å². The number of aliphatic hydroxyl groups is 3. The van der Waals surface area contributed by atoms with E-state index in [2.05, 4.69) is 12.8 Å². The number of hydrogen-bond donors (Lipinski definition) is 3. The van der Waals surface area contributed by atoms with Crippen LogP contribution in [0.5, 0.6) is 0 Å². The van der Waals surface area contributed by atoms with Gasteiger partial charge in [0.2, 0.25) is 0 Å². The SMILES string of the molecule is C#C[C@]1(O)CC[C@H]2[C@@H]3C[C@@H](O)C4=CC(=O)CC[C@]4(O)[C@H]3CC[C@@]21CC. The van der Waals surface area contributed by atoms with Crippen molar-refractivity contribution in [3.8, 4) is 12.3 Å². The van der Waals surface area contributed by atoms with E-state index in [4.69, 9.17) is 6.42 Å². The molecule has 0 aliphatic heterocycles. The van der Waals surface area contributed by atoms with Crippen LogP contribution in [0.15, 0.2) is 11.6 Å². The number of hydrogen-bond acceptors (Lipinski definition) is 4. The van der Waals surface area contributed by atoms with Gasteiger partial charge in [0.25, 0.3) is 0 Å². The van der Waals surface area contributed by atoms with Crippen LogP contribution in [-0.2, 0) is 4.79 Å². The summed E-state index contributed by atoms with van der Waals surface area (Å²) in [5, 5.41) is 33.3. The van der Waals surface area contributed by atoms with Gasteiger partial charge in [0.05, 0.1) is 11.7 Å². The van der Waals surface area contributed by atoms with Gasteiger partial charge in [-0.3, -0.25) is 4.79 Å². The number of terminal acetylenes is 1. The Balaban J connectivity index is 1.76. The molecular weight excluding hydrogens is 316 g/mol. The second kappa shape index (κ2) is 5.42. The molecule has 4 rings (SSSR count). The van der Waals surface area contributed by atoms with E-state index in [0.717, 1.165) is 25.7 Å². The number of carbonyl (C=O) groups excluding carboxylic acids is 1. The zero-order valence-corrected chi connectivity index (χ0v) is 14.9. The molecule has 25 heavy (non-hydrogen) atoms. The van der Waals surface area contributed by atoms with Crippen molar-refractivity contribution in [1.82, 2.24) is 0 Å². The summed E-state index contributed by atoms with van der Waals surface area (Å²) in [6.07, 6.45) is 11.6. The Morgan fingerprint density at radius 3 is 2.64 bits per heavy atom. The quantitative estimate of drug-likeness (QED) is 0.636. The predicted octanol–water partition coefficient (Wildman–Crippen LogP) is 1.97. The van der Waals surface area contributed by atoms with Crippen molar-refractivity contribution in [2.75, 3.05) is 0 Å². The van der Waals surface area contributed by atoms with Gasteiger partial charge in [-0.2, -0.15) is 0 Å². The fraction of sp³-hybridized carbons (Fsp3) is 0.762. The van der Waals surface area contributed by atoms with Crippen LogP contribution in [0.4, 0.5) is 0 Å². The molecule has 0 unspecified atom stereocenters. The average Bonchev–Trinajstić information content (AvgIpc) is 2.91. The number of ketones is 1. The summed E-state index contributed by atoms with van der Waals surface area (Å²) in [4.78, 5) is 11.8. The number of aliphatic hydroxyl groups excluding tert-OH is 1. The number of rotatable bonds is 1. The highest BCUT2D eigenvalue weighted by atomic mass is 16.3. The zero-order chi connectivity index (χ0) is 18.0. The van der Waals surface area contributed by atoms with Crippen LogP contribution in [0.3, 0.4) is 0 Å². The topological polar surface area (TPSA) is 77.8 Å². The first kappa shape index (κ1) is 17.3. The van der Waals surface area contributed by atoms with Gasteiger partial charge < -0.3 is 15.3 Å². The molecule has 0 saturated heterocycles. The highest BCUT2D eigenvalue weighted by molar-refractivity contribution is 5.92. The van der Waals surface area contributed by atoms with Crippen molar-refractivity contribution >= 4 is 5.78 Å². The summed E-state index contributed by atoms with van der Waals surface area (Å²) >= 11 is 0. The van der Waals surface area contributed by atoms with E-state index in [0.29, 0.717) is 31.3 Å². The van der Waals surface area contributed by atoms with E-state index < -0.39 is 17.3 Å². The summed E-state index contributed by atoms with van der Waals surface area (Å²) in [5.74, 6) is 3.08. The van der Waals surface area contributed by atoms with Crippen LogP contribution in [-0.4, -0.2) is 38.4 Å². The Kier molecular flexibility index (Phi) is 3.75. The second-order valence-electron chi connectivity index (χ2n) is 8.71. The molecule has 136 valence electrons. The molecule has 4 aliphatic carbocycles. The van der Waals surface area contributed by atoms with Gasteiger partial charge in [-0.1, -0.05) is 12.8 Å². The standard InChI is InChI=1S/C21H28O4/c1-3-19-8-6-16-14(15(19)7-9-20(19,24)4-2)12-18(23)17-11-13(22)5-10-21(16,17)25/h2,11,14-16,18,23-25H,3,5-10,12H2,1H3/t14-,15-,16-,18+,19-,20-,21-/m0/s1. The van der Waals surface area contributed by atoms with E-state index in [9.17, 15) is 20.1 Å². The first-order valence-corrected chi connectivity index (χ1v) is 9.67. The second-order valence-corrected chi connectivity index (χ2v) is 8.71. The highest BCUT2D eigenvalue weighted by Crippen LogP contribution is 2.66. The Morgan fingerprint density at radius 1 is 1.24 bits per heavy atom. The van der Waals surface area contributed by atoms with Crippen molar-refractivity contribution in [2.24, 2.45) is 23.2 Å². The molecule has 0 radical (unpaired) electrons. The van der Waals surface area contributed by atoms with E-state index in [1.54, 1.807) is 0 Å². The molecule has 0 bridgehead atoms. The maximum Gasteiger partial charge on any atom is 0.155 e. The fourth-order valence-corrected chi connectivity index (χ4v) is 6.99. The fourth-order valence-electron chi connectivity index (χ4n) is 6.99. The monoisotopic (exact) mass is 344 g/mol. The van der Waals surface area contributed by atoms with Gasteiger partial charge in [-0.15, -0.1) is 6.42 Å². The van der Waals surface area contributed by atoms with Crippen LogP contribution in [0.25, 0.3) is 0 Å². The smallest absolute Gasteiger partial charge is 0.155 e. The van der Waals surface area contributed by atoms with Crippen molar-refractivity contribution in [1.29, 1.82) is 0 Å². The molecule has 3 fully saturated rings. The molecule has 3 saturated carbocycles. The van der Waals surface area contributed by atoms with Crippen molar-refractivity contribution < 1.29 is 20.1 Å². The highest BCUT2D eigenvalue weighted by Gasteiger charge is 2.66. The van der Waals surface area contributed by atoms with E-state index in [-0.39, 0.29) is 29.0 Å². The third-order valence-corrected chi connectivity index (χ3v) is 8.19. The molecule has 0 spiro atoms. The molecule has 4 nitrogen and oxygen atoms in total. The molecule has 0 aromatic rings.